The maximum absolute atomic E-state index is 10.1. The highest BCUT2D eigenvalue weighted by molar-refractivity contribution is 5.74. The Bertz CT molecular complexity index is 938. The summed E-state index contributed by atoms with van der Waals surface area (Å²) < 4.78 is 8.05. The van der Waals surface area contributed by atoms with E-state index >= 15 is 0 Å². The molecular weight excluding hydrogens is 328 g/mol. The topological polar surface area (TPSA) is 85.7 Å². The molecule has 4 rings (SSSR count). The maximum atomic E-state index is 10.1. The zero-order chi connectivity index (χ0) is 18.3. The lowest BCUT2D eigenvalue weighted by molar-refractivity contribution is -0.0108. The van der Waals surface area contributed by atoms with E-state index in [2.05, 4.69) is 16.1 Å². The molecule has 3 aromatic rings. The monoisotopic (exact) mass is 352 g/mol. The number of anilines is 1. The Labute approximate surface area is 152 Å². The molecule has 0 spiro atoms. The maximum Gasteiger partial charge on any atom is 0.146 e. The highest BCUT2D eigenvalue weighted by atomic mass is 16.5. The van der Waals surface area contributed by atoms with E-state index in [1.165, 1.54) is 0 Å². The quantitative estimate of drug-likeness (QED) is 0.755. The van der Waals surface area contributed by atoms with E-state index in [0.29, 0.717) is 5.82 Å². The molecule has 3 aromatic heterocycles. The fourth-order valence-corrected chi connectivity index (χ4v) is 3.56. The lowest BCUT2D eigenvalue weighted by Gasteiger charge is -2.33. The summed E-state index contributed by atoms with van der Waals surface area (Å²) in [6.07, 6.45) is 7.01. The number of ether oxygens (including phenoxy) is 1. The predicted octanol–water partition coefficient (Wildman–Crippen LogP) is 3.36. The number of aryl methyl sites for hydroxylation is 1. The summed E-state index contributed by atoms with van der Waals surface area (Å²) in [5.41, 5.74) is 9.15. The molecule has 0 bridgehead atoms. The number of nitrogens with zero attached hydrogens (tertiary/aromatic N) is 3. The van der Waals surface area contributed by atoms with Gasteiger partial charge in [-0.3, -0.25) is 4.98 Å². The first-order valence-electron chi connectivity index (χ1n) is 9.01. The third kappa shape index (κ3) is 3.37. The Kier molecular flexibility index (Phi) is 4.07. The van der Waals surface area contributed by atoms with Crippen LogP contribution >= 0.6 is 0 Å². The van der Waals surface area contributed by atoms with Crippen LogP contribution in [0.1, 0.15) is 38.3 Å². The van der Waals surface area contributed by atoms with Gasteiger partial charge in [-0.25, -0.2) is 4.52 Å². The average Bonchev–Trinajstić information content (AvgIpc) is 2.97. The number of hydrogen-bond acceptors (Lipinski definition) is 5. The smallest absolute Gasteiger partial charge is 0.146 e. The van der Waals surface area contributed by atoms with Gasteiger partial charge in [-0.1, -0.05) is 0 Å². The summed E-state index contributed by atoms with van der Waals surface area (Å²) in [7, 11) is 0. The van der Waals surface area contributed by atoms with Crippen molar-refractivity contribution in [2.75, 3.05) is 5.73 Å². The summed E-state index contributed by atoms with van der Waals surface area (Å²) in [4.78, 5) is 4.41. The van der Waals surface area contributed by atoms with Crippen LogP contribution in [0.5, 0.6) is 5.75 Å². The van der Waals surface area contributed by atoms with Gasteiger partial charge in [-0.05, 0) is 63.3 Å². The van der Waals surface area contributed by atoms with Crippen molar-refractivity contribution in [1.29, 1.82) is 0 Å². The number of pyridine rings is 2. The molecule has 1 aliphatic rings. The molecule has 1 fully saturated rings. The second-order valence-corrected chi connectivity index (χ2v) is 7.49. The third-order valence-electron chi connectivity index (χ3n) is 5.10. The standard InChI is InChI=1S/C20H24N4O2/c1-13-9-17(14-5-8-24-15(10-14)11-19(21)23-24)18(12-22-13)26-16-3-6-20(2,25)7-4-16/h5,8-12,16,25H,3-4,6-7H2,1-2H3,(H2,21,23). The van der Waals surface area contributed by atoms with E-state index < -0.39 is 5.60 Å². The highest BCUT2D eigenvalue weighted by Crippen LogP contribution is 2.35. The Morgan fingerprint density at radius 1 is 1.27 bits per heavy atom. The van der Waals surface area contributed by atoms with Gasteiger partial charge in [0.1, 0.15) is 11.6 Å². The van der Waals surface area contributed by atoms with Crippen LogP contribution < -0.4 is 10.5 Å². The van der Waals surface area contributed by atoms with Crippen molar-refractivity contribution < 1.29 is 9.84 Å². The van der Waals surface area contributed by atoms with Crippen LogP contribution in [0.2, 0.25) is 0 Å². The lowest BCUT2D eigenvalue weighted by atomic mass is 9.85. The van der Waals surface area contributed by atoms with Gasteiger partial charge in [-0.15, -0.1) is 0 Å². The molecule has 3 heterocycles. The summed E-state index contributed by atoms with van der Waals surface area (Å²) in [5.74, 6) is 1.28. The molecule has 1 aliphatic carbocycles. The average molecular weight is 352 g/mol. The van der Waals surface area contributed by atoms with Crippen molar-refractivity contribution in [2.24, 2.45) is 0 Å². The van der Waals surface area contributed by atoms with Crippen molar-refractivity contribution >= 4 is 11.3 Å². The number of fused-ring (bicyclic) bond motifs is 1. The van der Waals surface area contributed by atoms with E-state index in [4.69, 9.17) is 10.5 Å². The van der Waals surface area contributed by atoms with Gasteiger partial charge in [0.2, 0.25) is 0 Å². The molecule has 3 N–H and O–H groups in total. The number of aliphatic hydroxyl groups is 1. The van der Waals surface area contributed by atoms with Gasteiger partial charge in [0.15, 0.2) is 0 Å². The van der Waals surface area contributed by atoms with Gasteiger partial charge >= 0.3 is 0 Å². The fraction of sp³-hybridized carbons (Fsp3) is 0.400. The Morgan fingerprint density at radius 2 is 2.04 bits per heavy atom. The molecule has 6 nitrogen and oxygen atoms in total. The number of nitrogen functional groups attached to an aromatic ring is 1. The van der Waals surface area contributed by atoms with E-state index in [9.17, 15) is 5.11 Å². The lowest BCUT2D eigenvalue weighted by Crippen LogP contribution is -2.34. The van der Waals surface area contributed by atoms with Gasteiger partial charge in [-0.2, -0.15) is 5.10 Å². The van der Waals surface area contributed by atoms with Crippen LogP contribution in [0.25, 0.3) is 16.6 Å². The molecule has 0 aromatic carbocycles. The second-order valence-electron chi connectivity index (χ2n) is 7.49. The van der Waals surface area contributed by atoms with Gasteiger partial charge < -0.3 is 15.6 Å². The number of aromatic nitrogens is 3. The van der Waals surface area contributed by atoms with Crippen molar-refractivity contribution in [3.63, 3.8) is 0 Å². The number of nitrogens with two attached hydrogens (primary N) is 1. The number of hydrogen-bond donors (Lipinski definition) is 2. The Balaban J connectivity index is 1.65. The molecule has 136 valence electrons. The molecule has 1 saturated carbocycles. The summed E-state index contributed by atoms with van der Waals surface area (Å²) in [6, 6.07) is 7.95. The molecular formula is C20H24N4O2. The Hall–Kier alpha value is -2.60. The number of rotatable bonds is 3. The predicted molar refractivity (Wildman–Crippen MR) is 101 cm³/mol. The first-order valence-corrected chi connectivity index (χ1v) is 9.01. The van der Waals surface area contributed by atoms with Gasteiger partial charge in [0.05, 0.1) is 23.4 Å². The normalized spacial score (nSPS) is 23.3. The van der Waals surface area contributed by atoms with Crippen LogP contribution in [-0.2, 0) is 0 Å². The van der Waals surface area contributed by atoms with E-state index in [1.54, 1.807) is 10.7 Å². The largest absolute Gasteiger partial charge is 0.488 e. The zero-order valence-electron chi connectivity index (χ0n) is 15.1. The molecule has 0 radical (unpaired) electrons. The molecule has 26 heavy (non-hydrogen) atoms. The molecule has 0 amide bonds. The minimum Gasteiger partial charge on any atom is -0.488 e. The second kappa shape index (κ2) is 6.29. The summed E-state index contributed by atoms with van der Waals surface area (Å²) in [6.45, 7) is 3.87. The van der Waals surface area contributed by atoms with Crippen LogP contribution in [0.15, 0.2) is 36.7 Å². The molecule has 6 heteroatoms. The van der Waals surface area contributed by atoms with Crippen LogP contribution in [0, 0.1) is 6.92 Å². The van der Waals surface area contributed by atoms with Crippen molar-refractivity contribution in [3.05, 3.63) is 42.4 Å². The highest BCUT2D eigenvalue weighted by Gasteiger charge is 2.30. The van der Waals surface area contributed by atoms with Crippen molar-refractivity contribution in [2.45, 2.75) is 51.2 Å². The van der Waals surface area contributed by atoms with Gasteiger partial charge in [0.25, 0.3) is 0 Å². The van der Waals surface area contributed by atoms with Crippen LogP contribution in [-0.4, -0.2) is 31.4 Å². The van der Waals surface area contributed by atoms with Crippen LogP contribution in [0.3, 0.4) is 0 Å². The minimum atomic E-state index is -0.568. The SMILES string of the molecule is Cc1cc(-c2ccn3nc(N)cc3c2)c(OC2CCC(C)(O)CC2)cn1. The molecule has 0 saturated heterocycles. The summed E-state index contributed by atoms with van der Waals surface area (Å²) in [5, 5.41) is 14.4. The van der Waals surface area contributed by atoms with Crippen LogP contribution in [0.4, 0.5) is 5.82 Å². The van der Waals surface area contributed by atoms with E-state index in [0.717, 1.165) is 53.8 Å². The van der Waals surface area contributed by atoms with Gasteiger partial charge in [0, 0.05) is 23.5 Å². The molecule has 0 unspecified atom stereocenters. The molecule has 0 aliphatic heterocycles. The summed E-state index contributed by atoms with van der Waals surface area (Å²) >= 11 is 0. The van der Waals surface area contributed by atoms with Crippen molar-refractivity contribution in [3.8, 4) is 16.9 Å². The first kappa shape index (κ1) is 16.8. The van der Waals surface area contributed by atoms with E-state index in [1.807, 2.05) is 38.2 Å². The van der Waals surface area contributed by atoms with E-state index in [-0.39, 0.29) is 6.10 Å². The molecule has 0 atom stereocenters. The minimum absolute atomic E-state index is 0.104. The zero-order valence-corrected chi connectivity index (χ0v) is 15.1. The first-order chi connectivity index (χ1) is 12.4. The van der Waals surface area contributed by atoms with Crippen molar-refractivity contribution in [1.82, 2.24) is 14.6 Å². The third-order valence-corrected chi connectivity index (χ3v) is 5.10. The Morgan fingerprint density at radius 3 is 2.81 bits per heavy atom. The fourth-order valence-electron chi connectivity index (χ4n) is 3.56.